The number of hydrogen-bond acceptors (Lipinski definition) is 7. The van der Waals surface area contributed by atoms with Gasteiger partial charge in [0.1, 0.15) is 16.3 Å². The molecule has 148 valence electrons. The zero-order chi connectivity index (χ0) is 21.3. The number of nitrogens with zero attached hydrogens (tertiary/aromatic N) is 2. The standard InChI is InChI=1S/C22H15N3O4S/c1-12-17(22(27)28-2)18(21-24-15-8-3-4-9-16(15)30-21)20(29-12)25-19(26)14-7-5-6-13(10-14)11-23/h3-10H,1-2H3,(H,25,26). The number of nitrogens with one attached hydrogen (secondary N) is 1. The van der Waals surface area contributed by atoms with Crippen LogP contribution in [0, 0.1) is 18.3 Å². The molecule has 2 aromatic carbocycles. The summed E-state index contributed by atoms with van der Waals surface area (Å²) in [6, 6.07) is 15.9. The first-order valence-corrected chi connectivity index (χ1v) is 9.72. The Hall–Kier alpha value is -3.96. The summed E-state index contributed by atoms with van der Waals surface area (Å²) in [6.07, 6.45) is 0. The smallest absolute Gasteiger partial charge is 0.342 e. The van der Waals surface area contributed by atoms with E-state index in [-0.39, 0.29) is 17.0 Å². The van der Waals surface area contributed by atoms with E-state index < -0.39 is 11.9 Å². The molecule has 0 aliphatic rings. The van der Waals surface area contributed by atoms with Crippen molar-refractivity contribution in [2.24, 2.45) is 0 Å². The van der Waals surface area contributed by atoms with Crippen molar-refractivity contribution < 1.29 is 18.7 Å². The molecular formula is C22H15N3O4S. The average molecular weight is 417 g/mol. The number of thiazole rings is 1. The third kappa shape index (κ3) is 3.43. The van der Waals surface area contributed by atoms with Crippen molar-refractivity contribution in [3.63, 3.8) is 0 Å². The van der Waals surface area contributed by atoms with Gasteiger partial charge in [-0.15, -0.1) is 11.3 Å². The van der Waals surface area contributed by atoms with Crippen LogP contribution in [0.5, 0.6) is 0 Å². The third-order valence-corrected chi connectivity index (χ3v) is 5.52. The lowest BCUT2D eigenvalue weighted by Gasteiger charge is -2.05. The highest BCUT2D eigenvalue weighted by atomic mass is 32.1. The highest BCUT2D eigenvalue weighted by Crippen LogP contribution is 2.40. The minimum atomic E-state index is -0.586. The number of nitriles is 1. The van der Waals surface area contributed by atoms with Crippen LogP contribution >= 0.6 is 11.3 Å². The van der Waals surface area contributed by atoms with Gasteiger partial charge in [0, 0.05) is 5.56 Å². The molecule has 0 radical (unpaired) electrons. The van der Waals surface area contributed by atoms with Crippen molar-refractivity contribution in [3.8, 4) is 16.6 Å². The van der Waals surface area contributed by atoms with Crippen molar-refractivity contribution in [2.45, 2.75) is 6.92 Å². The van der Waals surface area contributed by atoms with Crippen LogP contribution in [0.15, 0.2) is 52.9 Å². The van der Waals surface area contributed by atoms with E-state index in [1.807, 2.05) is 30.3 Å². The molecule has 7 nitrogen and oxygen atoms in total. The number of furan rings is 1. The van der Waals surface area contributed by atoms with Gasteiger partial charge in [0.2, 0.25) is 5.88 Å². The van der Waals surface area contributed by atoms with Gasteiger partial charge in [0.25, 0.3) is 5.91 Å². The molecule has 0 atom stereocenters. The van der Waals surface area contributed by atoms with E-state index in [4.69, 9.17) is 14.4 Å². The molecule has 0 spiro atoms. The van der Waals surface area contributed by atoms with Crippen molar-refractivity contribution in [1.82, 2.24) is 4.98 Å². The van der Waals surface area contributed by atoms with Crippen LogP contribution in [0.3, 0.4) is 0 Å². The Morgan fingerprint density at radius 3 is 2.73 bits per heavy atom. The number of ether oxygens (including phenoxy) is 1. The molecule has 0 saturated heterocycles. The van der Waals surface area contributed by atoms with E-state index >= 15 is 0 Å². The third-order valence-electron chi connectivity index (χ3n) is 4.46. The first-order chi connectivity index (χ1) is 14.5. The number of aryl methyl sites for hydroxylation is 1. The summed E-state index contributed by atoms with van der Waals surface area (Å²) in [5, 5.41) is 12.3. The quantitative estimate of drug-likeness (QED) is 0.479. The fourth-order valence-corrected chi connectivity index (χ4v) is 4.08. The Morgan fingerprint density at radius 2 is 2.00 bits per heavy atom. The summed E-state index contributed by atoms with van der Waals surface area (Å²) >= 11 is 1.38. The molecule has 2 aromatic heterocycles. The Kier molecular flexibility index (Phi) is 5.04. The number of aromatic nitrogens is 1. The second-order valence-corrected chi connectivity index (χ2v) is 7.39. The van der Waals surface area contributed by atoms with Crippen molar-refractivity contribution >= 4 is 39.3 Å². The normalized spacial score (nSPS) is 10.6. The van der Waals surface area contributed by atoms with Gasteiger partial charge in [-0.2, -0.15) is 5.26 Å². The summed E-state index contributed by atoms with van der Waals surface area (Å²) < 4.78 is 11.6. The van der Waals surface area contributed by atoms with Gasteiger partial charge in [0.15, 0.2) is 0 Å². The summed E-state index contributed by atoms with van der Waals surface area (Å²) in [5.74, 6) is -0.659. The molecule has 1 amide bonds. The van der Waals surface area contributed by atoms with E-state index in [1.54, 1.807) is 25.1 Å². The second kappa shape index (κ2) is 7.81. The fourth-order valence-electron chi connectivity index (χ4n) is 3.07. The number of benzene rings is 2. The monoisotopic (exact) mass is 417 g/mol. The molecule has 0 saturated carbocycles. The predicted molar refractivity (Wildman–Crippen MR) is 113 cm³/mol. The van der Waals surface area contributed by atoms with E-state index in [9.17, 15) is 9.59 Å². The Balaban J connectivity index is 1.82. The highest BCUT2D eigenvalue weighted by Gasteiger charge is 2.29. The summed E-state index contributed by atoms with van der Waals surface area (Å²) in [6.45, 7) is 1.62. The number of fused-ring (bicyclic) bond motifs is 1. The van der Waals surface area contributed by atoms with Gasteiger partial charge in [-0.25, -0.2) is 9.78 Å². The van der Waals surface area contributed by atoms with Crippen LogP contribution in [0.25, 0.3) is 20.8 Å². The molecule has 0 aliphatic heterocycles. The minimum absolute atomic E-state index is 0.0966. The van der Waals surface area contributed by atoms with E-state index in [0.717, 1.165) is 10.2 Å². The van der Waals surface area contributed by atoms with Crippen molar-refractivity contribution in [1.29, 1.82) is 5.26 Å². The lowest BCUT2D eigenvalue weighted by molar-refractivity contribution is 0.0599. The number of esters is 1. The number of hydrogen-bond donors (Lipinski definition) is 1. The van der Waals surface area contributed by atoms with Crippen molar-refractivity contribution in [2.75, 3.05) is 12.4 Å². The minimum Gasteiger partial charge on any atom is -0.465 e. The lowest BCUT2D eigenvalue weighted by atomic mass is 10.1. The van der Waals surface area contributed by atoms with Gasteiger partial charge in [0.05, 0.1) is 34.5 Å². The maximum atomic E-state index is 12.8. The molecule has 2 heterocycles. The first kappa shape index (κ1) is 19.4. The number of carbonyl (C=O) groups excluding carboxylic acids is 2. The molecule has 1 N–H and O–H groups in total. The van der Waals surface area contributed by atoms with Crippen LogP contribution in [0.4, 0.5) is 5.88 Å². The molecule has 0 bridgehead atoms. The van der Waals surface area contributed by atoms with Gasteiger partial charge >= 0.3 is 5.97 Å². The SMILES string of the molecule is COC(=O)c1c(C)oc(NC(=O)c2cccc(C#N)c2)c1-c1nc2ccccc2s1. The average Bonchev–Trinajstić information content (AvgIpc) is 3.33. The van der Waals surface area contributed by atoms with E-state index in [2.05, 4.69) is 10.3 Å². The zero-order valence-corrected chi connectivity index (χ0v) is 16.9. The van der Waals surface area contributed by atoms with Gasteiger partial charge in [-0.05, 0) is 37.3 Å². The fraction of sp³-hybridized carbons (Fsp3) is 0.0909. The Bertz CT molecular complexity index is 1300. The number of carbonyl (C=O) groups is 2. The molecule has 30 heavy (non-hydrogen) atoms. The molecule has 0 unspecified atom stereocenters. The molecular weight excluding hydrogens is 402 g/mol. The summed E-state index contributed by atoms with van der Waals surface area (Å²) in [4.78, 5) is 29.8. The summed E-state index contributed by atoms with van der Waals surface area (Å²) in [7, 11) is 1.28. The van der Waals surface area contributed by atoms with Crippen LogP contribution < -0.4 is 5.32 Å². The van der Waals surface area contributed by atoms with Crippen LogP contribution in [-0.4, -0.2) is 24.0 Å². The van der Waals surface area contributed by atoms with Crippen molar-refractivity contribution in [3.05, 3.63) is 71.0 Å². The lowest BCUT2D eigenvalue weighted by Crippen LogP contribution is -2.12. The maximum absolute atomic E-state index is 12.8. The van der Waals surface area contributed by atoms with Gasteiger partial charge in [-0.1, -0.05) is 18.2 Å². The highest BCUT2D eigenvalue weighted by molar-refractivity contribution is 7.21. The number of rotatable bonds is 4. The molecule has 4 aromatic rings. The van der Waals surface area contributed by atoms with Crippen LogP contribution in [-0.2, 0) is 4.74 Å². The summed E-state index contributed by atoms with van der Waals surface area (Å²) in [5.41, 5.74) is 1.99. The number of para-hydroxylation sites is 1. The van der Waals surface area contributed by atoms with E-state index in [0.29, 0.717) is 21.9 Å². The maximum Gasteiger partial charge on any atom is 0.342 e. The number of amides is 1. The first-order valence-electron chi connectivity index (χ1n) is 8.91. The van der Waals surface area contributed by atoms with Crippen LogP contribution in [0.1, 0.15) is 32.0 Å². The number of methoxy groups -OCH3 is 1. The zero-order valence-electron chi connectivity index (χ0n) is 16.1. The largest absolute Gasteiger partial charge is 0.465 e. The molecule has 0 aliphatic carbocycles. The Morgan fingerprint density at radius 1 is 1.20 bits per heavy atom. The number of anilines is 1. The Labute approximate surface area is 175 Å². The molecule has 0 fully saturated rings. The molecule has 8 heteroatoms. The van der Waals surface area contributed by atoms with E-state index in [1.165, 1.54) is 24.5 Å². The van der Waals surface area contributed by atoms with Gasteiger partial charge in [-0.3, -0.25) is 10.1 Å². The van der Waals surface area contributed by atoms with Gasteiger partial charge < -0.3 is 9.15 Å². The second-order valence-electron chi connectivity index (χ2n) is 6.36. The van der Waals surface area contributed by atoms with Crippen LogP contribution in [0.2, 0.25) is 0 Å². The predicted octanol–water partition coefficient (Wildman–Crippen LogP) is 4.78. The topological polar surface area (TPSA) is 105 Å². The molecule has 4 rings (SSSR count).